The van der Waals surface area contributed by atoms with Crippen LogP contribution >= 0.6 is 0 Å². The van der Waals surface area contributed by atoms with Crippen LogP contribution in [0.5, 0.6) is 0 Å². The van der Waals surface area contributed by atoms with Gasteiger partial charge in [-0.3, -0.25) is 14.5 Å². The molecule has 0 bridgehead atoms. The summed E-state index contributed by atoms with van der Waals surface area (Å²) in [6.45, 7) is 7.44. The first-order valence-corrected chi connectivity index (χ1v) is 8.88. The first-order valence-electron chi connectivity index (χ1n) is 8.88. The van der Waals surface area contributed by atoms with E-state index in [9.17, 15) is 9.59 Å². The van der Waals surface area contributed by atoms with Gasteiger partial charge in [0.2, 0.25) is 5.91 Å². The van der Waals surface area contributed by atoms with Crippen LogP contribution in [0.15, 0.2) is 30.3 Å². The Labute approximate surface area is 150 Å². The predicted molar refractivity (Wildman–Crippen MR) is 96.9 cm³/mol. The molecular formula is C19H29N3O3. The summed E-state index contributed by atoms with van der Waals surface area (Å²) in [5.74, 6) is -0.0745. The van der Waals surface area contributed by atoms with Crippen LogP contribution in [0.4, 0.5) is 0 Å². The van der Waals surface area contributed by atoms with E-state index in [-0.39, 0.29) is 17.7 Å². The summed E-state index contributed by atoms with van der Waals surface area (Å²) in [6, 6.07) is 10.2. The molecule has 1 aliphatic rings. The van der Waals surface area contributed by atoms with Gasteiger partial charge in [-0.25, -0.2) is 0 Å². The number of carbonyl (C=O) groups is 2. The molecule has 1 aromatic rings. The van der Waals surface area contributed by atoms with E-state index in [1.807, 2.05) is 32.0 Å². The molecule has 6 nitrogen and oxygen atoms in total. The summed E-state index contributed by atoms with van der Waals surface area (Å²) in [4.78, 5) is 28.0. The van der Waals surface area contributed by atoms with Gasteiger partial charge in [0.1, 0.15) is 6.10 Å². The molecule has 0 aliphatic carbocycles. The number of morpholine rings is 1. The normalized spacial score (nSPS) is 18.2. The number of likely N-dealkylation sites (N-methyl/N-ethyl adjacent to an activating group) is 1. The molecule has 1 aromatic carbocycles. The molecule has 1 atom stereocenters. The minimum atomic E-state index is -0.441. The van der Waals surface area contributed by atoms with Gasteiger partial charge in [0.05, 0.1) is 6.61 Å². The Morgan fingerprint density at radius 2 is 2.04 bits per heavy atom. The molecule has 1 heterocycles. The van der Waals surface area contributed by atoms with Gasteiger partial charge >= 0.3 is 0 Å². The molecule has 25 heavy (non-hydrogen) atoms. The zero-order chi connectivity index (χ0) is 18.2. The highest BCUT2D eigenvalue weighted by Crippen LogP contribution is 2.12. The van der Waals surface area contributed by atoms with Gasteiger partial charge in [-0.15, -0.1) is 0 Å². The van der Waals surface area contributed by atoms with Crippen LogP contribution in [0.25, 0.3) is 0 Å². The molecule has 0 unspecified atom stereocenters. The van der Waals surface area contributed by atoms with E-state index in [2.05, 4.69) is 22.3 Å². The molecule has 2 rings (SSSR count). The maximum absolute atomic E-state index is 12.6. The monoisotopic (exact) mass is 347 g/mol. The fourth-order valence-electron chi connectivity index (χ4n) is 2.74. The Morgan fingerprint density at radius 1 is 1.32 bits per heavy atom. The van der Waals surface area contributed by atoms with E-state index in [0.717, 1.165) is 13.1 Å². The van der Waals surface area contributed by atoms with E-state index in [1.165, 1.54) is 5.56 Å². The molecule has 2 amide bonds. The molecule has 6 heteroatoms. The largest absolute Gasteiger partial charge is 0.366 e. The lowest BCUT2D eigenvalue weighted by Gasteiger charge is -2.34. The summed E-state index contributed by atoms with van der Waals surface area (Å²) in [5.41, 5.74) is 1.24. The lowest BCUT2D eigenvalue weighted by Crippen LogP contribution is -2.51. The average molecular weight is 347 g/mol. The van der Waals surface area contributed by atoms with Crippen LogP contribution in [-0.4, -0.2) is 67.6 Å². The first-order chi connectivity index (χ1) is 12.0. The molecule has 0 aromatic heterocycles. The number of hydrogen-bond donors (Lipinski definition) is 1. The second-order valence-electron chi connectivity index (χ2n) is 6.79. The van der Waals surface area contributed by atoms with Crippen molar-refractivity contribution >= 4 is 11.8 Å². The van der Waals surface area contributed by atoms with E-state index >= 15 is 0 Å². The lowest BCUT2D eigenvalue weighted by molar-refractivity contribution is -0.148. The quantitative estimate of drug-likeness (QED) is 0.803. The van der Waals surface area contributed by atoms with Crippen LogP contribution in [-0.2, 0) is 20.9 Å². The second-order valence-corrected chi connectivity index (χ2v) is 6.79. The van der Waals surface area contributed by atoms with Gasteiger partial charge in [0.15, 0.2) is 0 Å². The first kappa shape index (κ1) is 19.4. The number of benzene rings is 1. The van der Waals surface area contributed by atoms with E-state index in [1.54, 1.807) is 11.9 Å². The molecule has 0 spiro atoms. The summed E-state index contributed by atoms with van der Waals surface area (Å²) in [7, 11) is 1.75. The fourth-order valence-corrected chi connectivity index (χ4v) is 2.74. The topological polar surface area (TPSA) is 61.9 Å². The molecular weight excluding hydrogens is 318 g/mol. The number of hydrogen-bond acceptors (Lipinski definition) is 4. The third-order valence-corrected chi connectivity index (χ3v) is 4.32. The Hall–Kier alpha value is -1.92. The van der Waals surface area contributed by atoms with Crippen LogP contribution in [0.3, 0.4) is 0 Å². The minimum Gasteiger partial charge on any atom is -0.366 e. The van der Waals surface area contributed by atoms with Crippen molar-refractivity contribution in [1.29, 1.82) is 0 Å². The van der Waals surface area contributed by atoms with Crippen LogP contribution < -0.4 is 5.32 Å². The number of ether oxygens (including phenoxy) is 1. The Kier molecular flexibility index (Phi) is 7.40. The zero-order valence-electron chi connectivity index (χ0n) is 15.4. The molecule has 138 valence electrons. The number of nitrogens with zero attached hydrogens (tertiary/aromatic N) is 2. The fraction of sp³-hybridized carbons (Fsp3) is 0.579. The molecule has 1 aliphatic heterocycles. The van der Waals surface area contributed by atoms with Gasteiger partial charge in [0.25, 0.3) is 5.91 Å². The number of nitrogens with one attached hydrogen (secondary N) is 1. The molecule has 1 N–H and O–H groups in total. The number of amides is 2. The average Bonchev–Trinajstić information content (AvgIpc) is 2.61. The van der Waals surface area contributed by atoms with Crippen molar-refractivity contribution in [1.82, 2.24) is 15.1 Å². The smallest absolute Gasteiger partial charge is 0.252 e. The molecule has 0 saturated carbocycles. The van der Waals surface area contributed by atoms with Crippen molar-refractivity contribution in [3.8, 4) is 0 Å². The van der Waals surface area contributed by atoms with E-state index < -0.39 is 6.10 Å². The van der Waals surface area contributed by atoms with Crippen LogP contribution in [0.2, 0.25) is 0 Å². The highest BCUT2D eigenvalue weighted by molar-refractivity contribution is 5.81. The van der Waals surface area contributed by atoms with E-state index in [0.29, 0.717) is 26.2 Å². The SMILES string of the molecule is CC(C)C(=O)NCCN(C)C(=O)[C@H]1CN(Cc2ccccc2)CCO1. The number of rotatable bonds is 7. The highest BCUT2D eigenvalue weighted by Gasteiger charge is 2.28. The molecule has 1 fully saturated rings. The minimum absolute atomic E-state index is 0.00352. The third-order valence-electron chi connectivity index (χ3n) is 4.32. The lowest BCUT2D eigenvalue weighted by atomic mass is 10.2. The standard InChI is InChI=1S/C19H29N3O3/c1-15(2)18(23)20-9-10-21(3)19(24)17-14-22(11-12-25-17)13-16-7-5-4-6-8-16/h4-8,15,17H,9-14H2,1-3H3,(H,20,23)/t17-/m1/s1. The zero-order valence-corrected chi connectivity index (χ0v) is 15.4. The highest BCUT2D eigenvalue weighted by atomic mass is 16.5. The van der Waals surface area contributed by atoms with E-state index in [4.69, 9.17) is 4.74 Å². The summed E-state index contributed by atoms with van der Waals surface area (Å²) in [6.07, 6.45) is -0.441. The van der Waals surface area contributed by atoms with Crippen molar-refractivity contribution in [3.05, 3.63) is 35.9 Å². The number of carbonyl (C=O) groups excluding carboxylic acids is 2. The molecule has 0 radical (unpaired) electrons. The molecule has 1 saturated heterocycles. The van der Waals surface area contributed by atoms with Gasteiger partial charge in [0, 0.05) is 45.7 Å². The van der Waals surface area contributed by atoms with Crippen molar-refractivity contribution in [3.63, 3.8) is 0 Å². The van der Waals surface area contributed by atoms with Gasteiger partial charge in [-0.1, -0.05) is 44.2 Å². The summed E-state index contributed by atoms with van der Waals surface area (Å²) >= 11 is 0. The Balaban J connectivity index is 1.79. The van der Waals surface area contributed by atoms with Gasteiger partial charge < -0.3 is 15.0 Å². The van der Waals surface area contributed by atoms with Crippen LogP contribution in [0.1, 0.15) is 19.4 Å². The van der Waals surface area contributed by atoms with Crippen LogP contribution in [0, 0.1) is 5.92 Å². The third kappa shape index (κ3) is 6.14. The summed E-state index contributed by atoms with van der Waals surface area (Å²) in [5, 5.41) is 2.83. The Bertz CT molecular complexity index is 562. The van der Waals surface area contributed by atoms with Gasteiger partial charge in [-0.05, 0) is 5.56 Å². The van der Waals surface area contributed by atoms with Crippen molar-refractivity contribution in [2.75, 3.05) is 39.8 Å². The predicted octanol–water partition coefficient (Wildman–Crippen LogP) is 1.12. The van der Waals surface area contributed by atoms with Crippen molar-refractivity contribution in [2.24, 2.45) is 5.92 Å². The van der Waals surface area contributed by atoms with Crippen molar-refractivity contribution < 1.29 is 14.3 Å². The van der Waals surface area contributed by atoms with Crippen molar-refractivity contribution in [2.45, 2.75) is 26.5 Å². The summed E-state index contributed by atoms with van der Waals surface area (Å²) < 4.78 is 5.67. The maximum atomic E-state index is 12.6. The van der Waals surface area contributed by atoms with Gasteiger partial charge in [-0.2, -0.15) is 0 Å². The second kappa shape index (κ2) is 9.53. The maximum Gasteiger partial charge on any atom is 0.252 e. The Morgan fingerprint density at radius 3 is 2.72 bits per heavy atom.